The van der Waals surface area contributed by atoms with Crippen LogP contribution in [-0.2, 0) is 14.8 Å². The molecule has 0 saturated carbocycles. The lowest BCUT2D eigenvalue weighted by Crippen LogP contribution is -2.22. The summed E-state index contributed by atoms with van der Waals surface area (Å²) in [4.78, 5) is 13.7. The van der Waals surface area contributed by atoms with Crippen molar-refractivity contribution in [2.24, 2.45) is 0 Å². The molecule has 1 atom stereocenters. The van der Waals surface area contributed by atoms with E-state index in [1.165, 1.54) is 29.5 Å². The lowest BCUT2D eigenvalue weighted by atomic mass is 10.1. The molecule has 3 aromatic carbocycles. The van der Waals surface area contributed by atoms with Gasteiger partial charge in [0.1, 0.15) is 0 Å². The minimum absolute atomic E-state index is 0.132. The highest BCUT2D eigenvalue weighted by molar-refractivity contribution is 8.00. The van der Waals surface area contributed by atoms with Gasteiger partial charge in [0.05, 0.1) is 15.8 Å². The number of aryl methyl sites for hydroxylation is 3. The number of sulfonamides is 1. The highest BCUT2D eigenvalue weighted by Crippen LogP contribution is 2.25. The van der Waals surface area contributed by atoms with E-state index in [2.05, 4.69) is 10.0 Å². The van der Waals surface area contributed by atoms with Crippen molar-refractivity contribution in [3.8, 4) is 0 Å². The first-order chi connectivity index (χ1) is 14.6. The van der Waals surface area contributed by atoms with Gasteiger partial charge in [0.2, 0.25) is 5.91 Å². The Labute approximate surface area is 188 Å². The molecule has 2 N–H and O–H groups in total. The van der Waals surface area contributed by atoms with Crippen LogP contribution in [0.1, 0.15) is 23.6 Å². The molecule has 0 aliphatic carbocycles. The molecule has 7 heteroatoms. The molecule has 3 aromatic rings. The zero-order chi connectivity index (χ0) is 22.6. The molecule has 5 nitrogen and oxygen atoms in total. The lowest BCUT2D eigenvalue weighted by molar-refractivity contribution is -0.115. The molecule has 0 heterocycles. The van der Waals surface area contributed by atoms with Gasteiger partial charge in [-0.25, -0.2) is 8.42 Å². The van der Waals surface area contributed by atoms with Crippen molar-refractivity contribution >= 4 is 39.1 Å². The number of thioether (sulfide) groups is 1. The number of carbonyl (C=O) groups is 1. The molecule has 0 saturated heterocycles. The van der Waals surface area contributed by atoms with E-state index in [1.807, 2.05) is 64.1 Å². The fourth-order valence-corrected chi connectivity index (χ4v) is 4.97. The van der Waals surface area contributed by atoms with Crippen LogP contribution in [0.2, 0.25) is 0 Å². The first-order valence-electron chi connectivity index (χ1n) is 9.88. The van der Waals surface area contributed by atoms with Crippen LogP contribution < -0.4 is 10.0 Å². The molecular weight excluding hydrogens is 428 g/mol. The summed E-state index contributed by atoms with van der Waals surface area (Å²) in [7, 11) is -3.72. The lowest BCUT2D eigenvalue weighted by Gasteiger charge is -2.13. The van der Waals surface area contributed by atoms with Crippen LogP contribution >= 0.6 is 11.8 Å². The predicted octanol–water partition coefficient (Wildman–Crippen LogP) is 5.53. The molecular formula is C24H26N2O3S2. The van der Waals surface area contributed by atoms with Crippen molar-refractivity contribution in [1.29, 1.82) is 0 Å². The normalized spacial score (nSPS) is 12.3. The van der Waals surface area contributed by atoms with Crippen LogP contribution in [0.3, 0.4) is 0 Å². The largest absolute Gasteiger partial charge is 0.325 e. The van der Waals surface area contributed by atoms with Gasteiger partial charge in [0.25, 0.3) is 10.0 Å². The van der Waals surface area contributed by atoms with Gasteiger partial charge in [-0.15, -0.1) is 11.8 Å². The molecule has 0 aromatic heterocycles. The van der Waals surface area contributed by atoms with Gasteiger partial charge in [0.15, 0.2) is 0 Å². The summed E-state index contributed by atoms with van der Waals surface area (Å²) in [6.07, 6.45) is 0. The zero-order valence-electron chi connectivity index (χ0n) is 18.0. The molecule has 0 unspecified atom stereocenters. The Morgan fingerprint density at radius 2 is 1.48 bits per heavy atom. The van der Waals surface area contributed by atoms with Gasteiger partial charge in [-0.3, -0.25) is 9.52 Å². The van der Waals surface area contributed by atoms with Crippen molar-refractivity contribution in [2.45, 2.75) is 42.7 Å². The summed E-state index contributed by atoms with van der Waals surface area (Å²) in [5.41, 5.74) is 4.18. The van der Waals surface area contributed by atoms with Crippen LogP contribution in [0.15, 0.2) is 76.5 Å². The molecule has 162 valence electrons. The van der Waals surface area contributed by atoms with Gasteiger partial charge in [0, 0.05) is 10.6 Å². The van der Waals surface area contributed by atoms with Gasteiger partial charge in [-0.05, 0) is 75.7 Å². The van der Waals surface area contributed by atoms with E-state index in [4.69, 9.17) is 0 Å². The first kappa shape index (κ1) is 22.9. The summed E-state index contributed by atoms with van der Waals surface area (Å²) in [5.74, 6) is -0.144. The molecule has 0 aliphatic rings. The zero-order valence-corrected chi connectivity index (χ0v) is 19.6. The summed E-state index contributed by atoms with van der Waals surface area (Å²) < 4.78 is 28.0. The van der Waals surface area contributed by atoms with E-state index >= 15 is 0 Å². The fourth-order valence-electron chi connectivity index (χ4n) is 2.97. The van der Waals surface area contributed by atoms with Crippen molar-refractivity contribution in [1.82, 2.24) is 0 Å². The Bertz CT molecular complexity index is 1170. The molecule has 1 amide bonds. The number of amides is 1. The Kier molecular flexibility index (Phi) is 7.08. The molecule has 0 fully saturated rings. The van der Waals surface area contributed by atoms with Crippen molar-refractivity contribution in [2.75, 3.05) is 10.0 Å². The smallest absolute Gasteiger partial charge is 0.261 e. The molecule has 0 radical (unpaired) electrons. The predicted molar refractivity (Wildman–Crippen MR) is 128 cm³/mol. The Morgan fingerprint density at radius 1 is 0.871 bits per heavy atom. The number of carbonyl (C=O) groups excluding carboxylic acids is 1. The van der Waals surface area contributed by atoms with Gasteiger partial charge >= 0.3 is 0 Å². The topological polar surface area (TPSA) is 75.3 Å². The second-order valence-electron chi connectivity index (χ2n) is 7.51. The van der Waals surface area contributed by atoms with Gasteiger partial charge < -0.3 is 5.32 Å². The number of hydrogen-bond donors (Lipinski definition) is 2. The molecule has 0 spiro atoms. The number of nitrogens with one attached hydrogen (secondary N) is 2. The number of rotatable bonds is 7. The van der Waals surface area contributed by atoms with Crippen LogP contribution in [0.4, 0.5) is 11.4 Å². The van der Waals surface area contributed by atoms with E-state index in [0.717, 1.165) is 16.0 Å². The Balaban J connectivity index is 1.64. The quantitative estimate of drug-likeness (QED) is 0.460. The standard InChI is InChI=1S/C24H26N2O3S2/c1-16-5-10-21(11-6-16)30-19(4)24(27)25-20-8-12-22(13-9-20)31(28,29)26-23-14-7-17(2)15-18(23)3/h5-15,19,26H,1-4H3,(H,25,27)/t19-/m1/s1. The van der Waals surface area contributed by atoms with E-state index in [9.17, 15) is 13.2 Å². The third-order valence-corrected chi connectivity index (χ3v) is 7.25. The van der Waals surface area contributed by atoms with Crippen LogP contribution in [-0.4, -0.2) is 19.6 Å². The van der Waals surface area contributed by atoms with Crippen molar-refractivity contribution < 1.29 is 13.2 Å². The van der Waals surface area contributed by atoms with Crippen LogP contribution in [0.5, 0.6) is 0 Å². The average molecular weight is 455 g/mol. The number of hydrogen-bond acceptors (Lipinski definition) is 4. The van der Waals surface area contributed by atoms with Gasteiger partial charge in [-0.2, -0.15) is 0 Å². The minimum atomic E-state index is -3.72. The summed E-state index contributed by atoms with van der Waals surface area (Å²) in [5, 5.41) is 2.55. The highest BCUT2D eigenvalue weighted by Gasteiger charge is 2.17. The van der Waals surface area contributed by atoms with Crippen molar-refractivity contribution in [3.05, 3.63) is 83.4 Å². The second kappa shape index (κ2) is 9.58. The summed E-state index contributed by atoms with van der Waals surface area (Å²) >= 11 is 1.47. The maximum atomic E-state index is 12.7. The molecule has 0 bridgehead atoms. The molecule has 31 heavy (non-hydrogen) atoms. The first-order valence-corrected chi connectivity index (χ1v) is 12.2. The van der Waals surface area contributed by atoms with Crippen LogP contribution in [0, 0.1) is 20.8 Å². The molecule has 0 aliphatic heterocycles. The van der Waals surface area contributed by atoms with E-state index in [1.54, 1.807) is 18.2 Å². The van der Waals surface area contributed by atoms with Crippen LogP contribution in [0.25, 0.3) is 0 Å². The number of anilines is 2. The van der Waals surface area contributed by atoms with Crippen molar-refractivity contribution in [3.63, 3.8) is 0 Å². The maximum absolute atomic E-state index is 12.7. The average Bonchev–Trinajstić information content (AvgIpc) is 2.72. The summed E-state index contributed by atoms with van der Waals surface area (Å²) in [6, 6.07) is 19.7. The SMILES string of the molecule is Cc1ccc(S[C@H](C)C(=O)Nc2ccc(S(=O)(=O)Nc3ccc(C)cc3C)cc2)cc1. The molecule has 3 rings (SSSR count). The van der Waals surface area contributed by atoms with Gasteiger partial charge in [-0.1, -0.05) is 35.4 Å². The monoisotopic (exact) mass is 454 g/mol. The Morgan fingerprint density at radius 3 is 2.10 bits per heavy atom. The van der Waals surface area contributed by atoms with E-state index in [-0.39, 0.29) is 16.1 Å². The second-order valence-corrected chi connectivity index (χ2v) is 10.6. The fraction of sp³-hybridized carbons (Fsp3) is 0.208. The van der Waals surface area contributed by atoms with E-state index in [0.29, 0.717) is 11.4 Å². The summed E-state index contributed by atoms with van der Waals surface area (Å²) in [6.45, 7) is 7.68. The van der Waals surface area contributed by atoms with E-state index < -0.39 is 10.0 Å². The maximum Gasteiger partial charge on any atom is 0.261 e. The number of benzene rings is 3. The highest BCUT2D eigenvalue weighted by atomic mass is 32.2. The minimum Gasteiger partial charge on any atom is -0.325 e. The third kappa shape index (κ3) is 6.12. The Hall–Kier alpha value is -2.77. The third-order valence-electron chi connectivity index (χ3n) is 4.76.